The van der Waals surface area contributed by atoms with Crippen LogP contribution < -0.4 is 5.73 Å². The lowest BCUT2D eigenvalue weighted by Crippen LogP contribution is -2.39. The average molecular weight is 303 g/mol. The molecule has 2 aliphatic rings. The molecule has 0 aliphatic heterocycles. The second kappa shape index (κ2) is 8.89. The van der Waals surface area contributed by atoms with Crippen LogP contribution in [-0.4, -0.2) is 29.9 Å². The van der Waals surface area contributed by atoms with Gasteiger partial charge in [-0.2, -0.15) is 0 Å². The first-order valence-corrected chi connectivity index (χ1v) is 8.19. The molecule has 0 saturated heterocycles. The van der Waals surface area contributed by atoms with Crippen molar-refractivity contribution in [2.75, 3.05) is 7.05 Å². The van der Waals surface area contributed by atoms with E-state index in [-0.39, 0.29) is 18.4 Å². The third-order valence-corrected chi connectivity index (χ3v) is 5.17. The lowest BCUT2D eigenvalue weighted by atomic mass is 9.94. The van der Waals surface area contributed by atoms with Crippen molar-refractivity contribution in [1.82, 2.24) is 4.90 Å². The predicted octanol–water partition coefficient (Wildman–Crippen LogP) is 3.50. The Bertz CT molecular complexity index is 290. The number of hydrogen-bond acceptors (Lipinski definition) is 2. The van der Waals surface area contributed by atoms with Gasteiger partial charge in [0.25, 0.3) is 0 Å². The van der Waals surface area contributed by atoms with Crippen molar-refractivity contribution in [3.8, 4) is 0 Å². The number of rotatable bonds is 3. The molecule has 2 rings (SSSR count). The van der Waals surface area contributed by atoms with Gasteiger partial charge in [0.2, 0.25) is 5.91 Å². The van der Waals surface area contributed by atoms with E-state index in [2.05, 4.69) is 0 Å². The Morgan fingerprint density at radius 1 is 1.00 bits per heavy atom. The molecule has 2 fully saturated rings. The van der Waals surface area contributed by atoms with E-state index in [1.54, 1.807) is 0 Å². The number of halogens is 1. The van der Waals surface area contributed by atoms with Crippen LogP contribution in [0.4, 0.5) is 0 Å². The predicted molar refractivity (Wildman–Crippen MR) is 86.1 cm³/mol. The second-order valence-corrected chi connectivity index (χ2v) is 6.56. The SMILES string of the molecule is CN(C(=O)C[C@@H]1CCC[C@H]1N)C1CCCCCCC1.Cl. The van der Waals surface area contributed by atoms with Crippen LogP contribution in [0.15, 0.2) is 0 Å². The van der Waals surface area contributed by atoms with Crippen molar-refractivity contribution in [1.29, 1.82) is 0 Å². The zero-order chi connectivity index (χ0) is 13.7. The van der Waals surface area contributed by atoms with Crippen molar-refractivity contribution in [3.05, 3.63) is 0 Å². The summed E-state index contributed by atoms with van der Waals surface area (Å²) in [5.41, 5.74) is 6.08. The number of carbonyl (C=O) groups is 1. The average Bonchev–Trinajstić information content (AvgIpc) is 2.74. The van der Waals surface area contributed by atoms with Gasteiger partial charge in [0.1, 0.15) is 0 Å². The summed E-state index contributed by atoms with van der Waals surface area (Å²) in [5.74, 6) is 0.761. The molecule has 0 radical (unpaired) electrons. The zero-order valence-electron chi connectivity index (χ0n) is 12.9. The van der Waals surface area contributed by atoms with Crippen LogP contribution in [0, 0.1) is 5.92 Å². The molecule has 0 bridgehead atoms. The topological polar surface area (TPSA) is 46.3 Å². The summed E-state index contributed by atoms with van der Waals surface area (Å²) in [5, 5.41) is 0. The fraction of sp³-hybridized carbons (Fsp3) is 0.938. The fourth-order valence-corrected chi connectivity index (χ4v) is 3.71. The first-order valence-electron chi connectivity index (χ1n) is 8.19. The molecule has 2 atom stereocenters. The van der Waals surface area contributed by atoms with Gasteiger partial charge in [-0.3, -0.25) is 4.79 Å². The molecule has 118 valence electrons. The fourth-order valence-electron chi connectivity index (χ4n) is 3.71. The van der Waals surface area contributed by atoms with Crippen molar-refractivity contribution in [3.63, 3.8) is 0 Å². The monoisotopic (exact) mass is 302 g/mol. The highest BCUT2D eigenvalue weighted by Gasteiger charge is 2.29. The summed E-state index contributed by atoms with van der Waals surface area (Å²) < 4.78 is 0. The summed E-state index contributed by atoms with van der Waals surface area (Å²) in [6, 6.07) is 0.736. The molecule has 2 saturated carbocycles. The minimum Gasteiger partial charge on any atom is -0.343 e. The van der Waals surface area contributed by atoms with Gasteiger partial charge in [-0.25, -0.2) is 0 Å². The van der Waals surface area contributed by atoms with Crippen LogP contribution in [0.1, 0.15) is 70.6 Å². The minimum absolute atomic E-state index is 0. The maximum absolute atomic E-state index is 12.4. The lowest BCUT2D eigenvalue weighted by molar-refractivity contribution is -0.133. The number of nitrogens with zero attached hydrogens (tertiary/aromatic N) is 1. The smallest absolute Gasteiger partial charge is 0.222 e. The Morgan fingerprint density at radius 3 is 2.15 bits per heavy atom. The number of carbonyl (C=O) groups excluding carboxylic acids is 1. The van der Waals surface area contributed by atoms with Gasteiger partial charge in [-0.05, 0) is 31.6 Å². The lowest BCUT2D eigenvalue weighted by Gasteiger charge is -2.31. The van der Waals surface area contributed by atoms with Crippen molar-refractivity contribution < 1.29 is 4.79 Å². The molecule has 0 unspecified atom stereocenters. The maximum atomic E-state index is 12.4. The normalized spacial score (nSPS) is 28.3. The van der Waals surface area contributed by atoms with E-state index in [1.165, 1.54) is 51.4 Å². The minimum atomic E-state index is 0. The van der Waals surface area contributed by atoms with Gasteiger partial charge in [-0.1, -0.05) is 38.5 Å². The molecule has 0 spiro atoms. The van der Waals surface area contributed by atoms with Gasteiger partial charge in [-0.15, -0.1) is 12.4 Å². The van der Waals surface area contributed by atoms with E-state index >= 15 is 0 Å². The van der Waals surface area contributed by atoms with Crippen molar-refractivity contribution in [2.24, 2.45) is 11.7 Å². The Kier molecular flexibility index (Phi) is 7.90. The highest BCUT2D eigenvalue weighted by molar-refractivity contribution is 5.85. The Hall–Kier alpha value is -0.280. The molecule has 2 aliphatic carbocycles. The van der Waals surface area contributed by atoms with Gasteiger partial charge in [0.15, 0.2) is 0 Å². The summed E-state index contributed by atoms with van der Waals surface area (Å²) in [4.78, 5) is 14.5. The quantitative estimate of drug-likeness (QED) is 0.867. The third kappa shape index (κ3) is 4.92. The number of hydrogen-bond donors (Lipinski definition) is 1. The van der Waals surface area contributed by atoms with Gasteiger partial charge in [0, 0.05) is 25.6 Å². The number of amides is 1. The third-order valence-electron chi connectivity index (χ3n) is 5.17. The highest BCUT2D eigenvalue weighted by atomic mass is 35.5. The van der Waals surface area contributed by atoms with E-state index in [0.717, 1.165) is 12.8 Å². The first-order chi connectivity index (χ1) is 9.18. The standard InChI is InChI=1S/C16H30N2O.ClH/c1-18(14-9-5-3-2-4-6-10-14)16(19)12-13-8-7-11-15(13)17;/h13-15H,2-12,17H2,1H3;1H/t13-,15+;/m0./s1. The van der Waals surface area contributed by atoms with E-state index < -0.39 is 0 Å². The molecule has 20 heavy (non-hydrogen) atoms. The van der Waals surface area contributed by atoms with E-state index in [0.29, 0.717) is 24.3 Å². The summed E-state index contributed by atoms with van der Waals surface area (Å²) in [6.45, 7) is 0. The summed E-state index contributed by atoms with van der Waals surface area (Å²) in [6.07, 6.45) is 13.1. The van der Waals surface area contributed by atoms with E-state index in [1.807, 2.05) is 11.9 Å². The van der Waals surface area contributed by atoms with Crippen LogP contribution in [-0.2, 0) is 4.79 Å². The van der Waals surface area contributed by atoms with E-state index in [4.69, 9.17) is 5.73 Å². The molecule has 0 heterocycles. The summed E-state index contributed by atoms with van der Waals surface area (Å²) in [7, 11) is 2.01. The van der Waals surface area contributed by atoms with Crippen LogP contribution in [0.25, 0.3) is 0 Å². The molecule has 0 aromatic heterocycles. The Labute approximate surface area is 130 Å². The second-order valence-electron chi connectivity index (χ2n) is 6.56. The van der Waals surface area contributed by atoms with E-state index in [9.17, 15) is 4.79 Å². The Balaban J connectivity index is 0.00000200. The number of nitrogens with two attached hydrogens (primary N) is 1. The highest BCUT2D eigenvalue weighted by Crippen LogP contribution is 2.28. The largest absolute Gasteiger partial charge is 0.343 e. The van der Waals surface area contributed by atoms with Crippen LogP contribution >= 0.6 is 12.4 Å². The molecule has 2 N–H and O–H groups in total. The van der Waals surface area contributed by atoms with Crippen LogP contribution in [0.3, 0.4) is 0 Å². The first kappa shape index (κ1) is 17.8. The van der Waals surface area contributed by atoms with Gasteiger partial charge >= 0.3 is 0 Å². The maximum Gasteiger partial charge on any atom is 0.222 e. The molecular weight excluding hydrogens is 272 g/mol. The van der Waals surface area contributed by atoms with Crippen molar-refractivity contribution in [2.45, 2.75) is 82.7 Å². The molecule has 4 heteroatoms. The Morgan fingerprint density at radius 2 is 1.60 bits per heavy atom. The summed E-state index contributed by atoms with van der Waals surface area (Å²) >= 11 is 0. The van der Waals surface area contributed by atoms with Crippen LogP contribution in [0.5, 0.6) is 0 Å². The molecule has 0 aromatic carbocycles. The van der Waals surface area contributed by atoms with Crippen LogP contribution in [0.2, 0.25) is 0 Å². The molecule has 0 aromatic rings. The van der Waals surface area contributed by atoms with Crippen molar-refractivity contribution >= 4 is 18.3 Å². The molecule has 1 amide bonds. The van der Waals surface area contributed by atoms with Gasteiger partial charge < -0.3 is 10.6 Å². The van der Waals surface area contributed by atoms with Gasteiger partial charge in [0.05, 0.1) is 0 Å². The zero-order valence-corrected chi connectivity index (χ0v) is 13.7. The molecule has 3 nitrogen and oxygen atoms in total. The molecular formula is C16H31ClN2O.